The van der Waals surface area contributed by atoms with Gasteiger partial charge in [0.25, 0.3) is 5.91 Å². The number of rotatable bonds is 5. The smallest absolute Gasteiger partial charge is 0.335 e. The van der Waals surface area contributed by atoms with Crippen LogP contribution in [0.3, 0.4) is 0 Å². The molecule has 3 rings (SSSR count). The lowest BCUT2D eigenvalue weighted by atomic mass is 10.0. The minimum absolute atomic E-state index is 0.00364. The number of furan rings is 1. The zero-order valence-electron chi connectivity index (χ0n) is 14.3. The predicted molar refractivity (Wildman–Crippen MR) is 96.8 cm³/mol. The third kappa shape index (κ3) is 4.04. The van der Waals surface area contributed by atoms with E-state index in [1.54, 1.807) is 43.3 Å². The molecular weight excluding hydrogens is 348 g/mol. The highest BCUT2D eigenvalue weighted by atomic mass is 16.4. The van der Waals surface area contributed by atoms with Gasteiger partial charge in [-0.15, -0.1) is 0 Å². The summed E-state index contributed by atoms with van der Waals surface area (Å²) in [5.41, 5.74) is 3.99. The second kappa shape index (κ2) is 7.57. The van der Waals surface area contributed by atoms with Gasteiger partial charge in [-0.2, -0.15) is 5.10 Å². The standard InChI is InChI=1S/C20H16N2O5/c1-12-10-13(20(25)26)6-8-15(12)18-9-7-14(27-18)11-21-22-19(24)16-4-2-3-5-17(16)23/h2-11,23H,1H3,(H,22,24)(H,25,26)/p-1/b21-11-. The summed E-state index contributed by atoms with van der Waals surface area (Å²) in [6.07, 6.45) is 1.32. The molecule has 1 heterocycles. The number of carboxylic acid groups (broad SMARTS) is 1. The Bertz CT molecular complexity index is 1040. The maximum atomic E-state index is 11.9. The molecule has 136 valence electrons. The summed E-state index contributed by atoms with van der Waals surface area (Å²) in [5.74, 6) is -1.05. The molecule has 0 atom stereocenters. The van der Waals surface area contributed by atoms with E-state index in [0.29, 0.717) is 11.5 Å². The lowest BCUT2D eigenvalue weighted by molar-refractivity contribution is -0.268. The normalized spacial score (nSPS) is 10.9. The summed E-state index contributed by atoms with van der Waals surface area (Å²) in [4.78, 5) is 22.9. The Labute approximate surface area is 154 Å². The number of nitrogens with zero attached hydrogens (tertiary/aromatic N) is 1. The number of carboxylic acids is 1. The fraction of sp³-hybridized carbons (Fsp3) is 0.0500. The molecule has 0 aliphatic carbocycles. The monoisotopic (exact) mass is 363 g/mol. The Hall–Kier alpha value is -3.87. The Morgan fingerprint density at radius 1 is 1.15 bits per heavy atom. The van der Waals surface area contributed by atoms with Crippen molar-refractivity contribution in [2.75, 3.05) is 0 Å². The number of hydrogen-bond acceptors (Lipinski definition) is 5. The van der Waals surface area contributed by atoms with Crippen molar-refractivity contribution < 1.29 is 24.2 Å². The number of hydrazone groups is 1. The van der Waals surface area contributed by atoms with Gasteiger partial charge >= 0.3 is 5.97 Å². The van der Waals surface area contributed by atoms with Crippen LogP contribution in [-0.4, -0.2) is 23.2 Å². The first-order valence-corrected chi connectivity index (χ1v) is 7.99. The third-order valence-electron chi connectivity index (χ3n) is 3.86. The number of aryl methyl sites for hydroxylation is 1. The zero-order valence-corrected chi connectivity index (χ0v) is 14.3. The van der Waals surface area contributed by atoms with Gasteiger partial charge in [-0.05, 0) is 36.8 Å². The highest BCUT2D eigenvalue weighted by Crippen LogP contribution is 2.26. The first kappa shape index (κ1) is 17.9. The lowest BCUT2D eigenvalue weighted by Gasteiger charge is -2.10. The number of hydrogen-bond donors (Lipinski definition) is 2. The van der Waals surface area contributed by atoms with E-state index in [-0.39, 0.29) is 16.9 Å². The van der Waals surface area contributed by atoms with Gasteiger partial charge in [0, 0.05) is 11.1 Å². The summed E-state index contributed by atoms with van der Waals surface area (Å²) < 4.78 is 5.65. The van der Waals surface area contributed by atoms with Crippen LogP contribution < -0.4 is 10.5 Å². The Morgan fingerprint density at radius 2 is 1.93 bits per heavy atom. The van der Waals surface area contributed by atoms with E-state index in [1.807, 2.05) is 0 Å². The molecule has 0 fully saturated rings. The summed E-state index contributed by atoms with van der Waals surface area (Å²) in [6.45, 7) is 1.79. The fourth-order valence-electron chi connectivity index (χ4n) is 2.51. The summed E-state index contributed by atoms with van der Waals surface area (Å²) in [5, 5.41) is 24.4. The highest BCUT2D eigenvalue weighted by molar-refractivity contribution is 5.97. The molecule has 2 aromatic carbocycles. The van der Waals surface area contributed by atoms with Crippen LogP contribution in [0, 0.1) is 6.92 Å². The molecule has 0 spiro atoms. The van der Waals surface area contributed by atoms with Crippen molar-refractivity contribution in [3.8, 4) is 17.1 Å². The van der Waals surface area contributed by atoms with E-state index in [1.165, 1.54) is 24.4 Å². The van der Waals surface area contributed by atoms with Crippen LogP contribution in [0.2, 0.25) is 0 Å². The summed E-state index contributed by atoms with van der Waals surface area (Å²) >= 11 is 0. The van der Waals surface area contributed by atoms with Gasteiger partial charge in [0.2, 0.25) is 0 Å². The molecule has 1 aromatic heterocycles. The Kier molecular flexibility index (Phi) is 5.03. The number of para-hydroxylation sites is 1. The molecule has 27 heavy (non-hydrogen) atoms. The average Bonchev–Trinajstić information content (AvgIpc) is 3.10. The molecule has 0 aliphatic heterocycles. The van der Waals surface area contributed by atoms with Crippen molar-refractivity contribution in [3.05, 3.63) is 77.0 Å². The third-order valence-corrected chi connectivity index (χ3v) is 3.86. The molecule has 0 aliphatic rings. The average molecular weight is 363 g/mol. The van der Waals surface area contributed by atoms with Crippen molar-refractivity contribution in [2.24, 2.45) is 5.10 Å². The fourth-order valence-corrected chi connectivity index (χ4v) is 2.51. The van der Waals surface area contributed by atoms with Crippen LogP contribution >= 0.6 is 0 Å². The minimum Gasteiger partial charge on any atom is -0.872 e. The first-order chi connectivity index (χ1) is 13.0. The van der Waals surface area contributed by atoms with E-state index in [4.69, 9.17) is 9.52 Å². The van der Waals surface area contributed by atoms with Crippen LogP contribution in [-0.2, 0) is 0 Å². The summed E-state index contributed by atoms with van der Waals surface area (Å²) in [7, 11) is 0. The summed E-state index contributed by atoms with van der Waals surface area (Å²) in [6, 6.07) is 14.0. The van der Waals surface area contributed by atoms with Crippen molar-refractivity contribution in [2.45, 2.75) is 6.92 Å². The molecule has 2 N–H and O–H groups in total. The molecule has 1 amide bonds. The number of carbonyl (C=O) groups is 2. The van der Waals surface area contributed by atoms with Gasteiger partial charge < -0.3 is 14.6 Å². The van der Waals surface area contributed by atoms with Crippen molar-refractivity contribution in [3.63, 3.8) is 0 Å². The van der Waals surface area contributed by atoms with Gasteiger partial charge in [0.15, 0.2) is 0 Å². The first-order valence-electron chi connectivity index (χ1n) is 7.99. The molecule has 3 aromatic rings. The Morgan fingerprint density at radius 3 is 2.63 bits per heavy atom. The van der Waals surface area contributed by atoms with Gasteiger partial charge in [-0.3, -0.25) is 4.79 Å². The molecule has 7 nitrogen and oxygen atoms in total. The molecule has 0 unspecified atom stereocenters. The van der Waals surface area contributed by atoms with Crippen LogP contribution in [0.4, 0.5) is 0 Å². The second-order valence-corrected chi connectivity index (χ2v) is 5.73. The van der Waals surface area contributed by atoms with Crippen molar-refractivity contribution in [1.29, 1.82) is 0 Å². The van der Waals surface area contributed by atoms with Gasteiger partial charge in [0.1, 0.15) is 11.5 Å². The molecular formula is C20H15N2O5-. The minimum atomic E-state index is -0.993. The van der Waals surface area contributed by atoms with Gasteiger partial charge in [-0.25, -0.2) is 10.2 Å². The Balaban J connectivity index is 1.71. The van der Waals surface area contributed by atoms with E-state index in [0.717, 1.165) is 11.1 Å². The maximum Gasteiger partial charge on any atom is 0.335 e. The van der Waals surface area contributed by atoms with Crippen LogP contribution in [0.1, 0.15) is 32.0 Å². The molecule has 0 radical (unpaired) electrons. The largest absolute Gasteiger partial charge is 0.872 e. The number of nitrogens with one attached hydrogen (secondary N) is 1. The number of benzene rings is 2. The van der Waals surface area contributed by atoms with E-state index >= 15 is 0 Å². The van der Waals surface area contributed by atoms with Crippen LogP contribution in [0.15, 0.2) is 64.1 Å². The van der Waals surface area contributed by atoms with Crippen molar-refractivity contribution in [1.82, 2.24) is 5.43 Å². The van der Waals surface area contributed by atoms with Gasteiger partial charge in [-0.1, -0.05) is 36.1 Å². The zero-order chi connectivity index (χ0) is 19.4. The second-order valence-electron chi connectivity index (χ2n) is 5.73. The lowest BCUT2D eigenvalue weighted by Crippen LogP contribution is -2.19. The quantitative estimate of drug-likeness (QED) is 0.534. The predicted octanol–water partition coefficient (Wildman–Crippen LogP) is 2.79. The van der Waals surface area contributed by atoms with Crippen molar-refractivity contribution >= 4 is 18.1 Å². The maximum absolute atomic E-state index is 11.9. The number of aromatic carboxylic acids is 1. The molecule has 7 heteroatoms. The van der Waals surface area contributed by atoms with Crippen LogP contribution in [0.5, 0.6) is 5.75 Å². The van der Waals surface area contributed by atoms with Crippen LogP contribution in [0.25, 0.3) is 11.3 Å². The number of carbonyl (C=O) groups excluding carboxylic acids is 1. The molecule has 0 saturated heterocycles. The topological polar surface area (TPSA) is 115 Å². The van der Waals surface area contributed by atoms with E-state index < -0.39 is 11.9 Å². The highest BCUT2D eigenvalue weighted by Gasteiger charge is 2.10. The number of amides is 1. The molecule has 0 saturated carbocycles. The SMILES string of the molecule is Cc1cc(C(=O)O)ccc1-c1ccc(/C=N\NC(=O)c2ccccc2[O-])o1. The van der Waals surface area contributed by atoms with Gasteiger partial charge in [0.05, 0.1) is 11.8 Å². The molecule has 0 bridgehead atoms. The van der Waals surface area contributed by atoms with E-state index in [2.05, 4.69) is 10.5 Å². The van der Waals surface area contributed by atoms with E-state index in [9.17, 15) is 14.7 Å².